The summed E-state index contributed by atoms with van der Waals surface area (Å²) in [5, 5.41) is 85.0. The van der Waals surface area contributed by atoms with E-state index in [2.05, 4.69) is 126 Å². The maximum absolute atomic E-state index is 7.13. The molecule has 0 radical (unpaired) electrons. The molecule has 5 aromatic heterocycles. The number of hydrogen-bond acceptors (Lipinski definition) is 14. The van der Waals surface area contributed by atoms with Crippen molar-refractivity contribution in [2.24, 2.45) is 0 Å². The van der Waals surface area contributed by atoms with Crippen molar-refractivity contribution in [1.82, 2.24) is 77.1 Å². The van der Waals surface area contributed by atoms with Gasteiger partial charge in [-0.05, 0) is 60.7 Å². The molecule has 5 aromatic carbocycles. The Kier molecular flexibility index (Phi) is 30.0. The number of para-hydroxylation sites is 6. The molecule has 0 bridgehead atoms. The van der Waals surface area contributed by atoms with Crippen LogP contribution in [0.4, 0.5) is 0 Å². The summed E-state index contributed by atoms with van der Waals surface area (Å²) in [7, 11) is 0. The van der Waals surface area contributed by atoms with Crippen LogP contribution in [0.3, 0.4) is 0 Å². The predicted octanol–water partition coefficient (Wildman–Crippen LogP) is 7.42. The van der Waals surface area contributed by atoms with E-state index in [-0.39, 0.29) is 39.0 Å². The summed E-state index contributed by atoms with van der Waals surface area (Å²) >= 11 is 14.8. The molecule has 59 heavy (non-hydrogen) atoms. The van der Waals surface area contributed by atoms with Crippen LogP contribution < -0.4 is 0 Å². The van der Waals surface area contributed by atoms with E-state index < -0.39 is 0 Å². The summed E-state index contributed by atoms with van der Waals surface area (Å²) < 4.78 is 0. The number of aromatic nitrogens is 15. The van der Waals surface area contributed by atoms with Gasteiger partial charge in [-0.3, -0.25) is 20.4 Å². The van der Waals surface area contributed by atoms with Gasteiger partial charge in [-0.25, -0.2) is 0 Å². The Balaban J connectivity index is 0.000000663. The molecule has 0 aliphatic rings. The van der Waals surface area contributed by atoms with Crippen LogP contribution in [0.25, 0.3) is 76.8 Å². The fourth-order valence-electron chi connectivity index (χ4n) is 3.94. The minimum atomic E-state index is 0. The number of isothiocyanates is 4. The maximum atomic E-state index is 7.13. The van der Waals surface area contributed by atoms with E-state index in [9.17, 15) is 0 Å². The van der Waals surface area contributed by atoms with Gasteiger partial charge in [-0.1, -0.05) is 130 Å². The van der Waals surface area contributed by atoms with Crippen LogP contribution in [0.1, 0.15) is 0 Å². The van der Waals surface area contributed by atoms with Gasteiger partial charge in [-0.15, -0.1) is 20.4 Å². The molecule has 0 fully saturated rings. The van der Waals surface area contributed by atoms with Gasteiger partial charge in [0.15, 0.2) is 0 Å². The van der Waals surface area contributed by atoms with Crippen molar-refractivity contribution in [3.8, 4) is 0 Å². The largest absolute Gasteiger partial charge is 2.00 e. The van der Waals surface area contributed by atoms with Gasteiger partial charge in [-0.2, -0.15) is 36.1 Å². The Hall–Kier alpha value is -6.45. The molecule has 0 aliphatic heterocycles. The fraction of sp³-hybridized carbons (Fsp3) is 0. The number of H-pyrrole nitrogens is 5. The third kappa shape index (κ3) is 20.5. The molecule has 0 aliphatic carbocycles. The topological polar surface area (TPSA) is 297 Å². The van der Waals surface area contributed by atoms with Gasteiger partial charge in [0.1, 0.15) is 33.1 Å². The summed E-state index contributed by atoms with van der Waals surface area (Å²) in [5.41, 5.74) is 9.42. The van der Waals surface area contributed by atoms with E-state index in [4.69, 9.17) is 21.6 Å². The van der Waals surface area contributed by atoms with E-state index >= 15 is 0 Å². The fourth-order valence-corrected chi connectivity index (χ4v) is 3.94. The third-order valence-corrected chi connectivity index (χ3v) is 6.15. The maximum Gasteiger partial charge on any atom is 2.00 e. The molecule has 0 saturated carbocycles. The second-order valence-electron chi connectivity index (χ2n) is 9.49. The van der Waals surface area contributed by atoms with Crippen LogP contribution in [0.5, 0.6) is 0 Å². The first-order chi connectivity index (χ1) is 28.0. The van der Waals surface area contributed by atoms with Crippen molar-refractivity contribution in [3.05, 3.63) is 143 Å². The number of nitrogens with one attached hydrogen (secondary N) is 5. The molecule has 0 saturated heterocycles. The zero-order valence-corrected chi connectivity index (χ0v) is 39.6. The quantitative estimate of drug-likeness (QED) is 0.0561. The minimum Gasteiger partial charge on any atom is -0.753 e. The molecule has 5 heterocycles. The summed E-state index contributed by atoms with van der Waals surface area (Å²) in [6, 6.07) is 38.7. The van der Waals surface area contributed by atoms with Gasteiger partial charge in [0, 0.05) is 0 Å². The predicted molar refractivity (Wildman–Crippen MR) is 233 cm³/mol. The average Bonchev–Trinajstić information content (AvgIpc) is 4.10. The molecular formula is C34H25N19S4Zn2. The number of rotatable bonds is 0. The molecule has 25 heteroatoms. The molecule has 284 valence electrons. The van der Waals surface area contributed by atoms with Crippen molar-refractivity contribution in [2.75, 3.05) is 0 Å². The number of fused-ring (bicyclic) bond motifs is 5. The van der Waals surface area contributed by atoms with E-state index in [0.717, 1.165) is 55.2 Å². The van der Waals surface area contributed by atoms with Gasteiger partial charge >= 0.3 is 39.0 Å². The second-order valence-corrected chi connectivity index (χ2v) is 10.2. The Morgan fingerprint density at radius 3 is 0.729 bits per heavy atom. The second kappa shape index (κ2) is 33.7. The van der Waals surface area contributed by atoms with E-state index in [1.54, 1.807) is 0 Å². The van der Waals surface area contributed by atoms with Crippen molar-refractivity contribution in [1.29, 1.82) is 0 Å². The molecule has 5 N–H and O–H groups in total. The smallest absolute Gasteiger partial charge is 0.753 e. The minimum absolute atomic E-state index is 0. The molecule has 0 unspecified atom stereocenters. The zero-order valence-electron chi connectivity index (χ0n) is 30.4. The Bertz CT molecular complexity index is 2180. The van der Waals surface area contributed by atoms with Gasteiger partial charge < -0.3 is 21.6 Å². The SMILES string of the molecule is [N-]=C=S.[N-]=C=S.[N-]=C=S.[N-]=C=S.[Zn+2].[Zn+2].c1ccc2[nH]nnc2c1.c1ccc2[nH]nnc2c1.c1ccc2[nH]nnc2c1.c1ccc2[nH]nnc2c1.c1ccc2n[nH]nc2c1. The number of benzene rings is 5. The summed E-state index contributed by atoms with van der Waals surface area (Å²) in [6.07, 6.45) is 0. The van der Waals surface area contributed by atoms with Gasteiger partial charge in [0.2, 0.25) is 0 Å². The standard InChI is InChI=1S/5C6H5N3.4CNS.2Zn/c5*1-2-4-6-5(3-1)7-9-8-6;4*2-1-3;;/h5*1-4H,(H,7,8,9);;;;;;/q;;;;;4*-1;2*+2. The number of aromatic amines is 5. The molecule has 0 amide bonds. The van der Waals surface area contributed by atoms with E-state index in [1.165, 1.54) is 20.6 Å². The molecular weight excluding hydrogens is 934 g/mol. The van der Waals surface area contributed by atoms with Gasteiger partial charge in [0.05, 0.1) is 22.1 Å². The van der Waals surface area contributed by atoms with Crippen LogP contribution in [0.15, 0.2) is 121 Å². The molecule has 10 rings (SSSR count). The molecule has 19 nitrogen and oxygen atoms in total. The zero-order chi connectivity index (χ0) is 41.4. The number of nitrogens with zero attached hydrogens (tertiary/aromatic N) is 14. The van der Waals surface area contributed by atoms with Gasteiger partial charge in [0.25, 0.3) is 0 Å². The Morgan fingerprint density at radius 2 is 0.525 bits per heavy atom. The molecule has 0 atom stereocenters. The first kappa shape index (κ1) is 52.5. The van der Waals surface area contributed by atoms with Crippen molar-refractivity contribution in [3.63, 3.8) is 0 Å². The van der Waals surface area contributed by atoms with Crippen molar-refractivity contribution in [2.45, 2.75) is 0 Å². The van der Waals surface area contributed by atoms with Crippen LogP contribution in [-0.2, 0) is 39.0 Å². The van der Waals surface area contributed by atoms with E-state index in [0.29, 0.717) is 0 Å². The summed E-state index contributed by atoms with van der Waals surface area (Å²) in [5.74, 6) is 0. The third-order valence-electron chi connectivity index (χ3n) is 6.15. The number of hydrogen-bond donors (Lipinski definition) is 5. The van der Waals surface area contributed by atoms with E-state index in [1.807, 2.05) is 121 Å². The van der Waals surface area contributed by atoms with Crippen molar-refractivity contribution >= 4 is 125 Å². The van der Waals surface area contributed by atoms with Crippen LogP contribution in [0.2, 0.25) is 0 Å². The Labute approximate surface area is 380 Å². The van der Waals surface area contributed by atoms with Crippen molar-refractivity contribution < 1.29 is 39.0 Å². The van der Waals surface area contributed by atoms with Crippen LogP contribution >= 0.6 is 48.9 Å². The average molecular weight is 959 g/mol. The first-order valence-corrected chi connectivity index (χ1v) is 17.0. The monoisotopic (exact) mass is 955 g/mol. The Morgan fingerprint density at radius 1 is 0.339 bits per heavy atom. The normalized spacial score (nSPS) is 8.34. The van der Waals surface area contributed by atoms with Crippen LogP contribution in [-0.4, -0.2) is 97.7 Å². The summed E-state index contributed by atoms with van der Waals surface area (Å²) in [6.45, 7) is 0. The molecule has 0 spiro atoms. The molecule has 10 aromatic rings. The number of thiocarbonyl (C=S) groups is 4. The van der Waals surface area contributed by atoms with Crippen LogP contribution in [0, 0.1) is 0 Å². The summed E-state index contributed by atoms with van der Waals surface area (Å²) in [4.78, 5) is 0. The first-order valence-electron chi connectivity index (χ1n) is 15.3.